The van der Waals surface area contributed by atoms with Gasteiger partial charge in [-0.1, -0.05) is 44.0 Å². The SMILES string of the molecule is CC1(C)OC(=O)C(=Cc2cc(Br)ccc2OCc2cccc(Br)c2)C(=O)O1. The maximum Gasteiger partial charge on any atom is 0.348 e. The van der Waals surface area contributed by atoms with Crippen molar-refractivity contribution < 1.29 is 23.8 Å². The molecule has 0 atom stereocenters. The summed E-state index contributed by atoms with van der Waals surface area (Å²) in [7, 11) is 0. The second-order valence-electron chi connectivity index (χ2n) is 6.34. The normalized spacial score (nSPS) is 15.8. The van der Waals surface area contributed by atoms with Crippen molar-refractivity contribution in [3.63, 3.8) is 0 Å². The minimum Gasteiger partial charge on any atom is -0.488 e. The van der Waals surface area contributed by atoms with Crippen LogP contribution in [-0.2, 0) is 25.7 Å². The van der Waals surface area contributed by atoms with Crippen molar-refractivity contribution in [1.82, 2.24) is 0 Å². The molecule has 1 fully saturated rings. The molecule has 0 bridgehead atoms. The summed E-state index contributed by atoms with van der Waals surface area (Å²) in [6, 6.07) is 13.1. The van der Waals surface area contributed by atoms with Gasteiger partial charge in [-0.25, -0.2) is 9.59 Å². The van der Waals surface area contributed by atoms with Crippen LogP contribution in [0.1, 0.15) is 25.0 Å². The van der Waals surface area contributed by atoms with Crippen molar-refractivity contribution in [3.8, 4) is 5.75 Å². The predicted octanol–water partition coefficient (Wildman–Crippen LogP) is 5.01. The summed E-state index contributed by atoms with van der Waals surface area (Å²) in [6.07, 6.45) is 1.42. The van der Waals surface area contributed by atoms with Crippen molar-refractivity contribution in [2.45, 2.75) is 26.2 Å². The smallest absolute Gasteiger partial charge is 0.348 e. The van der Waals surface area contributed by atoms with E-state index < -0.39 is 17.7 Å². The van der Waals surface area contributed by atoms with E-state index in [4.69, 9.17) is 14.2 Å². The van der Waals surface area contributed by atoms with Crippen LogP contribution in [0.15, 0.2) is 57.0 Å². The summed E-state index contributed by atoms with van der Waals surface area (Å²) in [5.74, 6) is -2.21. The molecule has 2 aromatic carbocycles. The Balaban J connectivity index is 1.88. The third-order valence-corrected chi connectivity index (χ3v) is 4.66. The van der Waals surface area contributed by atoms with E-state index in [-0.39, 0.29) is 5.57 Å². The zero-order valence-corrected chi connectivity index (χ0v) is 17.8. The minimum absolute atomic E-state index is 0.181. The van der Waals surface area contributed by atoms with Crippen LogP contribution in [0.3, 0.4) is 0 Å². The maximum atomic E-state index is 12.2. The largest absolute Gasteiger partial charge is 0.488 e. The monoisotopic (exact) mass is 494 g/mol. The molecular weight excluding hydrogens is 480 g/mol. The number of halogens is 2. The molecule has 1 saturated heterocycles. The number of carbonyl (C=O) groups is 2. The van der Waals surface area contributed by atoms with E-state index in [1.54, 1.807) is 12.1 Å². The third kappa shape index (κ3) is 4.99. The Labute approximate surface area is 173 Å². The molecule has 0 N–H and O–H groups in total. The Hall–Kier alpha value is -2.12. The van der Waals surface area contributed by atoms with Gasteiger partial charge in [0.2, 0.25) is 0 Å². The van der Waals surface area contributed by atoms with Crippen LogP contribution in [0.4, 0.5) is 0 Å². The molecule has 0 aromatic heterocycles. The summed E-state index contributed by atoms with van der Waals surface area (Å²) >= 11 is 6.82. The van der Waals surface area contributed by atoms with E-state index in [9.17, 15) is 9.59 Å². The van der Waals surface area contributed by atoms with Crippen LogP contribution in [0.25, 0.3) is 6.08 Å². The first-order chi connectivity index (χ1) is 12.7. The molecule has 1 aliphatic heterocycles. The van der Waals surface area contributed by atoms with Crippen LogP contribution in [0.5, 0.6) is 5.75 Å². The van der Waals surface area contributed by atoms with Crippen LogP contribution >= 0.6 is 31.9 Å². The summed E-state index contributed by atoms with van der Waals surface area (Å²) in [5, 5.41) is 0. The Morgan fingerprint density at radius 3 is 2.33 bits per heavy atom. The van der Waals surface area contributed by atoms with Gasteiger partial charge < -0.3 is 14.2 Å². The Morgan fingerprint density at radius 1 is 1.00 bits per heavy atom. The number of benzene rings is 2. The highest BCUT2D eigenvalue weighted by Gasteiger charge is 2.39. The Morgan fingerprint density at radius 2 is 1.67 bits per heavy atom. The van der Waals surface area contributed by atoms with Crippen LogP contribution < -0.4 is 4.74 Å². The Kier molecular flexibility index (Phi) is 5.72. The topological polar surface area (TPSA) is 61.8 Å². The van der Waals surface area contributed by atoms with Gasteiger partial charge in [-0.05, 0) is 42.0 Å². The fourth-order valence-corrected chi connectivity index (χ4v) is 3.31. The van der Waals surface area contributed by atoms with Crippen molar-refractivity contribution in [1.29, 1.82) is 0 Å². The average molecular weight is 496 g/mol. The van der Waals surface area contributed by atoms with Gasteiger partial charge in [-0.2, -0.15) is 0 Å². The maximum absolute atomic E-state index is 12.2. The lowest BCUT2D eigenvalue weighted by atomic mass is 10.1. The first-order valence-corrected chi connectivity index (χ1v) is 9.67. The lowest BCUT2D eigenvalue weighted by Crippen LogP contribution is -2.41. The summed E-state index contributed by atoms with van der Waals surface area (Å²) in [6.45, 7) is 3.34. The molecule has 140 valence electrons. The molecule has 7 heteroatoms. The molecule has 3 rings (SSSR count). The lowest BCUT2D eigenvalue weighted by molar-refractivity contribution is -0.222. The third-order valence-electron chi connectivity index (χ3n) is 3.67. The first kappa shape index (κ1) is 19.6. The molecule has 5 nitrogen and oxygen atoms in total. The molecule has 0 radical (unpaired) electrons. The standard InChI is InChI=1S/C20H16Br2O5/c1-20(2)26-18(23)16(19(24)27-20)10-13-9-15(22)6-7-17(13)25-11-12-4-3-5-14(21)8-12/h3-10H,11H2,1-2H3. The van der Waals surface area contributed by atoms with Gasteiger partial charge in [0.15, 0.2) is 0 Å². The number of hydrogen-bond acceptors (Lipinski definition) is 5. The quantitative estimate of drug-likeness (QED) is 0.339. The van der Waals surface area contributed by atoms with Crippen molar-refractivity contribution in [3.05, 3.63) is 68.1 Å². The molecule has 2 aromatic rings. The van der Waals surface area contributed by atoms with Gasteiger partial charge in [0, 0.05) is 28.4 Å². The molecular formula is C20H16Br2O5. The van der Waals surface area contributed by atoms with Crippen LogP contribution in [-0.4, -0.2) is 17.7 Å². The second kappa shape index (κ2) is 7.86. The van der Waals surface area contributed by atoms with Gasteiger partial charge in [0.1, 0.15) is 17.9 Å². The molecule has 0 unspecified atom stereocenters. The van der Waals surface area contributed by atoms with E-state index in [2.05, 4.69) is 31.9 Å². The molecule has 27 heavy (non-hydrogen) atoms. The van der Waals surface area contributed by atoms with Gasteiger partial charge >= 0.3 is 11.9 Å². The molecule has 0 aliphatic carbocycles. The van der Waals surface area contributed by atoms with E-state index in [1.807, 2.05) is 30.3 Å². The number of carbonyl (C=O) groups excluding carboxylic acids is 2. The second-order valence-corrected chi connectivity index (χ2v) is 8.17. The average Bonchev–Trinajstić information content (AvgIpc) is 2.56. The van der Waals surface area contributed by atoms with Crippen molar-refractivity contribution in [2.24, 2.45) is 0 Å². The van der Waals surface area contributed by atoms with Crippen molar-refractivity contribution in [2.75, 3.05) is 0 Å². The number of ether oxygens (including phenoxy) is 3. The number of hydrogen-bond donors (Lipinski definition) is 0. The van der Waals surface area contributed by atoms with E-state index in [1.165, 1.54) is 19.9 Å². The van der Waals surface area contributed by atoms with E-state index in [0.29, 0.717) is 17.9 Å². The van der Waals surface area contributed by atoms with E-state index >= 15 is 0 Å². The Bertz CT molecular complexity index is 912. The lowest BCUT2D eigenvalue weighted by Gasteiger charge is -2.29. The first-order valence-electron chi connectivity index (χ1n) is 8.09. The highest BCUT2D eigenvalue weighted by molar-refractivity contribution is 9.10. The van der Waals surface area contributed by atoms with Gasteiger partial charge in [0.25, 0.3) is 5.79 Å². The minimum atomic E-state index is -1.27. The van der Waals surface area contributed by atoms with Crippen LogP contribution in [0.2, 0.25) is 0 Å². The highest BCUT2D eigenvalue weighted by atomic mass is 79.9. The van der Waals surface area contributed by atoms with E-state index in [0.717, 1.165) is 14.5 Å². The molecule has 1 heterocycles. The molecule has 0 spiro atoms. The zero-order valence-electron chi connectivity index (χ0n) is 14.6. The summed E-state index contributed by atoms with van der Waals surface area (Å²) < 4.78 is 17.9. The fourth-order valence-electron chi connectivity index (χ4n) is 2.49. The number of rotatable bonds is 4. The molecule has 0 amide bonds. The zero-order chi connectivity index (χ0) is 19.6. The predicted molar refractivity (Wildman–Crippen MR) is 107 cm³/mol. The van der Waals surface area contributed by atoms with Crippen LogP contribution in [0, 0.1) is 0 Å². The van der Waals surface area contributed by atoms with Gasteiger partial charge in [0.05, 0.1) is 0 Å². The molecule has 0 saturated carbocycles. The summed E-state index contributed by atoms with van der Waals surface area (Å²) in [5.41, 5.74) is 1.35. The fraction of sp³-hybridized carbons (Fsp3) is 0.200. The highest BCUT2D eigenvalue weighted by Crippen LogP contribution is 2.30. The number of esters is 2. The summed E-state index contributed by atoms with van der Waals surface area (Å²) in [4.78, 5) is 24.4. The molecule has 1 aliphatic rings. The van der Waals surface area contributed by atoms with Gasteiger partial charge in [-0.3, -0.25) is 0 Å². The van der Waals surface area contributed by atoms with Crippen molar-refractivity contribution >= 4 is 49.9 Å². The number of cyclic esters (lactones) is 2. The van der Waals surface area contributed by atoms with Gasteiger partial charge in [-0.15, -0.1) is 0 Å².